The molecule has 0 spiro atoms. The van der Waals surface area contributed by atoms with Crippen LogP contribution in [0.3, 0.4) is 0 Å². The van der Waals surface area contributed by atoms with E-state index < -0.39 is 13.6 Å². The molecule has 1 N–H and O–H groups in total. The predicted octanol–water partition coefficient (Wildman–Crippen LogP) is 3.62. The van der Waals surface area contributed by atoms with Crippen LogP contribution in [0.2, 0.25) is 0 Å². The molecule has 0 radical (unpaired) electrons. The van der Waals surface area contributed by atoms with Crippen molar-refractivity contribution in [2.45, 2.75) is 7.59 Å². The molecule has 112 valence electrons. The molecule has 2 amide bonds. The Morgan fingerprint density at radius 3 is 1.65 bits per heavy atom. The van der Waals surface area contributed by atoms with Crippen LogP contribution in [0.4, 0.5) is 10.7 Å². The van der Waals surface area contributed by atoms with Gasteiger partial charge >= 0.3 is 6.03 Å². The van der Waals surface area contributed by atoms with E-state index in [0.717, 1.165) is 0 Å². The summed E-state index contributed by atoms with van der Waals surface area (Å²) in [5.41, 5.74) is 0. The number of alkyl halides is 6. The van der Waals surface area contributed by atoms with Crippen LogP contribution in [-0.4, -0.2) is 40.0 Å². The Morgan fingerprint density at radius 1 is 0.950 bits per heavy atom. The molecule has 0 aromatic carbocycles. The normalized spacial score (nSPS) is 12.2. The van der Waals surface area contributed by atoms with Gasteiger partial charge in [-0.15, -0.1) is 0 Å². The minimum absolute atomic E-state index is 0.207. The molecule has 0 fully saturated rings. The SMILES string of the molecule is CN(C)C(=O)Nc1nc(C(Cl)(Cl)Cl)nc(C(Cl)(Cl)Cl)n1. The van der Waals surface area contributed by atoms with Crippen molar-refractivity contribution in [1.82, 2.24) is 19.9 Å². The summed E-state index contributed by atoms with van der Waals surface area (Å²) < 4.78 is -3.93. The van der Waals surface area contributed by atoms with Crippen molar-refractivity contribution in [2.24, 2.45) is 0 Å². The highest BCUT2D eigenvalue weighted by Crippen LogP contribution is 2.40. The Kier molecular flexibility index (Phi) is 5.80. The zero-order valence-electron chi connectivity index (χ0n) is 9.96. The Morgan fingerprint density at radius 2 is 1.35 bits per heavy atom. The maximum atomic E-state index is 11.6. The third-order valence-corrected chi connectivity index (χ3v) is 2.78. The summed E-state index contributed by atoms with van der Waals surface area (Å²) in [6, 6.07) is -0.512. The third-order valence-electron chi connectivity index (χ3n) is 1.77. The predicted molar refractivity (Wildman–Crippen MR) is 81.0 cm³/mol. The van der Waals surface area contributed by atoms with Crippen molar-refractivity contribution in [3.63, 3.8) is 0 Å². The van der Waals surface area contributed by atoms with Crippen molar-refractivity contribution in [2.75, 3.05) is 19.4 Å². The average molecular weight is 402 g/mol. The Labute approximate surface area is 144 Å². The second kappa shape index (κ2) is 6.42. The lowest BCUT2D eigenvalue weighted by atomic mass is 10.6. The highest BCUT2D eigenvalue weighted by Gasteiger charge is 2.34. The molecular weight excluding hydrogens is 395 g/mol. The molecule has 12 heteroatoms. The topological polar surface area (TPSA) is 71.0 Å². The number of carbonyl (C=O) groups excluding carboxylic acids is 1. The first-order valence-corrected chi connectivity index (χ1v) is 7.07. The number of anilines is 1. The largest absolute Gasteiger partial charge is 0.331 e. The first kappa shape index (κ1) is 18.1. The van der Waals surface area contributed by atoms with Crippen molar-refractivity contribution in [1.29, 1.82) is 0 Å². The highest BCUT2D eigenvalue weighted by molar-refractivity contribution is 6.67. The van der Waals surface area contributed by atoms with Gasteiger partial charge in [0.1, 0.15) is 0 Å². The van der Waals surface area contributed by atoms with Gasteiger partial charge in [0, 0.05) is 14.1 Å². The maximum absolute atomic E-state index is 11.6. The van der Waals surface area contributed by atoms with Gasteiger partial charge in [-0.25, -0.2) is 9.78 Å². The van der Waals surface area contributed by atoms with Crippen molar-refractivity contribution < 1.29 is 4.79 Å². The Hall–Kier alpha value is 0.0200. The molecule has 0 bridgehead atoms. The second-order valence-electron chi connectivity index (χ2n) is 3.63. The van der Waals surface area contributed by atoms with E-state index in [-0.39, 0.29) is 17.6 Å². The third kappa shape index (κ3) is 5.09. The molecule has 0 aliphatic rings. The van der Waals surface area contributed by atoms with Crippen LogP contribution in [0.25, 0.3) is 0 Å². The molecule has 0 saturated carbocycles. The van der Waals surface area contributed by atoms with E-state index in [4.69, 9.17) is 69.6 Å². The summed E-state index contributed by atoms with van der Waals surface area (Å²) in [5, 5.41) is 2.34. The monoisotopic (exact) mass is 399 g/mol. The molecule has 1 rings (SSSR count). The number of hydrogen-bond acceptors (Lipinski definition) is 4. The molecular formula is C8H7Cl6N5O. The number of hydrogen-bond donors (Lipinski definition) is 1. The number of aromatic nitrogens is 3. The highest BCUT2D eigenvalue weighted by atomic mass is 35.6. The second-order valence-corrected chi connectivity index (χ2v) is 8.19. The van der Waals surface area contributed by atoms with Gasteiger partial charge in [-0.2, -0.15) is 9.97 Å². The summed E-state index contributed by atoms with van der Waals surface area (Å²) in [6.07, 6.45) is 0. The summed E-state index contributed by atoms with van der Waals surface area (Å²) in [5.74, 6) is -0.776. The zero-order chi connectivity index (χ0) is 15.7. The van der Waals surface area contributed by atoms with Crippen molar-refractivity contribution in [3.05, 3.63) is 11.6 Å². The van der Waals surface area contributed by atoms with E-state index in [9.17, 15) is 4.79 Å². The van der Waals surface area contributed by atoms with E-state index >= 15 is 0 Å². The van der Waals surface area contributed by atoms with Crippen LogP contribution >= 0.6 is 69.6 Å². The Balaban J connectivity index is 3.28. The summed E-state index contributed by atoms with van der Waals surface area (Å²) in [6.45, 7) is 0. The number of urea groups is 1. The van der Waals surface area contributed by atoms with E-state index in [1.807, 2.05) is 0 Å². The van der Waals surface area contributed by atoms with Gasteiger partial charge in [0.05, 0.1) is 0 Å². The van der Waals surface area contributed by atoms with Crippen LogP contribution in [0.1, 0.15) is 11.6 Å². The number of amides is 2. The lowest BCUT2D eigenvalue weighted by Gasteiger charge is -2.16. The summed E-state index contributed by atoms with van der Waals surface area (Å²) >= 11 is 34.1. The molecule has 0 aliphatic heterocycles. The summed E-state index contributed by atoms with van der Waals surface area (Å²) in [7, 11) is 3.03. The van der Waals surface area contributed by atoms with Gasteiger partial charge < -0.3 is 4.90 Å². The van der Waals surface area contributed by atoms with E-state index in [0.29, 0.717) is 0 Å². The molecule has 0 saturated heterocycles. The van der Waals surface area contributed by atoms with E-state index in [1.54, 1.807) is 0 Å². The van der Waals surface area contributed by atoms with Crippen LogP contribution in [0, 0.1) is 0 Å². The van der Waals surface area contributed by atoms with Gasteiger partial charge in [0.2, 0.25) is 13.5 Å². The number of nitrogens with one attached hydrogen (secondary N) is 1. The van der Waals surface area contributed by atoms with Crippen LogP contribution in [0.15, 0.2) is 0 Å². The number of nitrogens with zero attached hydrogens (tertiary/aromatic N) is 4. The minimum Gasteiger partial charge on any atom is -0.331 e. The maximum Gasteiger partial charge on any atom is 0.323 e. The minimum atomic E-state index is -1.97. The molecule has 1 aromatic heterocycles. The van der Waals surface area contributed by atoms with Crippen molar-refractivity contribution in [3.8, 4) is 0 Å². The fourth-order valence-corrected chi connectivity index (χ4v) is 1.40. The van der Waals surface area contributed by atoms with Gasteiger partial charge in [-0.05, 0) is 0 Å². The molecule has 6 nitrogen and oxygen atoms in total. The van der Waals surface area contributed by atoms with Gasteiger partial charge in [0.25, 0.3) is 0 Å². The standard InChI is InChI=1S/C8H7Cl6N5O/c1-19(2)6(20)18-5-16-3(7(9,10)11)15-4(17-5)8(12,13)14/h1-2H3,(H,15,16,17,18,20). The molecule has 1 aromatic rings. The lowest BCUT2D eigenvalue weighted by Crippen LogP contribution is -2.29. The number of halogens is 6. The lowest BCUT2D eigenvalue weighted by molar-refractivity contribution is 0.230. The fourth-order valence-electron chi connectivity index (χ4n) is 0.893. The number of rotatable bonds is 1. The summed E-state index contributed by atoms with van der Waals surface area (Å²) in [4.78, 5) is 24.1. The number of carbonyl (C=O) groups is 1. The Bertz CT molecular complexity index is 479. The first-order chi connectivity index (χ1) is 8.91. The van der Waals surface area contributed by atoms with Crippen LogP contribution in [0.5, 0.6) is 0 Å². The van der Waals surface area contributed by atoms with Crippen LogP contribution < -0.4 is 5.32 Å². The van der Waals surface area contributed by atoms with Gasteiger partial charge in [-0.1, -0.05) is 69.6 Å². The van der Waals surface area contributed by atoms with E-state index in [2.05, 4.69) is 20.3 Å². The quantitative estimate of drug-likeness (QED) is 0.729. The molecule has 20 heavy (non-hydrogen) atoms. The fraction of sp³-hybridized carbons (Fsp3) is 0.500. The molecule has 0 unspecified atom stereocenters. The average Bonchev–Trinajstić information content (AvgIpc) is 2.26. The molecule has 0 atom stereocenters. The zero-order valence-corrected chi connectivity index (χ0v) is 14.5. The molecule has 1 heterocycles. The smallest absolute Gasteiger partial charge is 0.323 e. The first-order valence-electron chi connectivity index (χ1n) is 4.80. The van der Waals surface area contributed by atoms with Gasteiger partial charge in [-0.3, -0.25) is 5.32 Å². The van der Waals surface area contributed by atoms with Crippen molar-refractivity contribution >= 4 is 81.6 Å². The van der Waals surface area contributed by atoms with E-state index in [1.165, 1.54) is 19.0 Å². The van der Waals surface area contributed by atoms with Crippen LogP contribution in [-0.2, 0) is 7.59 Å². The molecule has 0 aliphatic carbocycles. The van der Waals surface area contributed by atoms with Gasteiger partial charge in [0.15, 0.2) is 11.6 Å².